The van der Waals surface area contributed by atoms with E-state index in [-0.39, 0.29) is 5.69 Å². The average Bonchev–Trinajstić information content (AvgIpc) is 2.62. The lowest BCUT2D eigenvalue weighted by Gasteiger charge is -2.16. The molecule has 9 heteroatoms. The van der Waals surface area contributed by atoms with Gasteiger partial charge < -0.3 is 14.8 Å². The number of amides is 1. The number of benzene rings is 2. The predicted octanol–water partition coefficient (Wildman–Crippen LogP) is 3.55. The molecular formula is C17H15BrN2O6. The van der Waals surface area contributed by atoms with E-state index in [1.807, 2.05) is 0 Å². The van der Waals surface area contributed by atoms with E-state index in [0.717, 1.165) is 0 Å². The largest absolute Gasteiger partial charge is 0.480 e. The van der Waals surface area contributed by atoms with Crippen molar-refractivity contribution in [2.45, 2.75) is 13.0 Å². The summed E-state index contributed by atoms with van der Waals surface area (Å²) >= 11 is 3.28. The molecular weight excluding hydrogens is 408 g/mol. The van der Waals surface area contributed by atoms with Gasteiger partial charge in [0.2, 0.25) is 0 Å². The number of nitro benzene ring substituents is 1. The van der Waals surface area contributed by atoms with Gasteiger partial charge in [0, 0.05) is 17.8 Å². The number of carbonyl (C=O) groups excluding carboxylic acids is 2. The van der Waals surface area contributed by atoms with Crippen molar-refractivity contribution in [2.75, 3.05) is 12.4 Å². The van der Waals surface area contributed by atoms with Crippen molar-refractivity contribution in [3.63, 3.8) is 0 Å². The minimum absolute atomic E-state index is 0.0677. The molecule has 2 rings (SSSR count). The van der Waals surface area contributed by atoms with Gasteiger partial charge in [-0.05, 0) is 53.2 Å². The molecule has 0 aliphatic carbocycles. The number of anilines is 1. The molecule has 0 saturated heterocycles. The lowest BCUT2D eigenvalue weighted by atomic mass is 10.2. The van der Waals surface area contributed by atoms with Gasteiger partial charge in [-0.2, -0.15) is 0 Å². The zero-order chi connectivity index (χ0) is 19.3. The average molecular weight is 423 g/mol. The first kappa shape index (κ1) is 19.4. The lowest BCUT2D eigenvalue weighted by molar-refractivity contribution is -0.384. The molecule has 0 saturated carbocycles. The Morgan fingerprint density at radius 1 is 1.19 bits per heavy atom. The Labute approximate surface area is 157 Å². The smallest absolute Gasteiger partial charge is 0.337 e. The standard InChI is InChI=1S/C17H15BrN2O6/c1-10(16(21)19-12-4-6-13(7-5-12)20(23)24)26-15-8-3-11(9-14(15)18)17(22)25-2/h3-10H,1-2H3,(H,19,21)/t10-/m0/s1. The van der Waals surface area contributed by atoms with Gasteiger partial charge in [0.25, 0.3) is 11.6 Å². The number of hydrogen-bond donors (Lipinski definition) is 1. The zero-order valence-corrected chi connectivity index (χ0v) is 15.5. The lowest BCUT2D eigenvalue weighted by Crippen LogP contribution is -2.30. The Balaban J connectivity index is 2.02. The predicted molar refractivity (Wildman–Crippen MR) is 97.3 cm³/mol. The molecule has 1 atom stereocenters. The first-order valence-electron chi connectivity index (χ1n) is 7.41. The number of halogens is 1. The van der Waals surface area contributed by atoms with Gasteiger partial charge in [-0.15, -0.1) is 0 Å². The number of nitrogens with zero attached hydrogens (tertiary/aromatic N) is 1. The highest BCUT2D eigenvalue weighted by atomic mass is 79.9. The van der Waals surface area contributed by atoms with Crippen LogP contribution >= 0.6 is 15.9 Å². The monoisotopic (exact) mass is 422 g/mol. The molecule has 8 nitrogen and oxygen atoms in total. The second-order valence-corrected chi connectivity index (χ2v) is 6.04. The maximum Gasteiger partial charge on any atom is 0.337 e. The van der Waals surface area contributed by atoms with Crippen molar-refractivity contribution in [2.24, 2.45) is 0 Å². The molecule has 26 heavy (non-hydrogen) atoms. The van der Waals surface area contributed by atoms with E-state index in [1.165, 1.54) is 43.5 Å². The van der Waals surface area contributed by atoms with Gasteiger partial charge >= 0.3 is 5.97 Å². The Morgan fingerprint density at radius 2 is 1.85 bits per heavy atom. The van der Waals surface area contributed by atoms with E-state index in [2.05, 4.69) is 26.0 Å². The van der Waals surface area contributed by atoms with Crippen LogP contribution in [0.2, 0.25) is 0 Å². The number of hydrogen-bond acceptors (Lipinski definition) is 6. The van der Waals surface area contributed by atoms with E-state index in [0.29, 0.717) is 21.5 Å². The topological polar surface area (TPSA) is 108 Å². The Hall–Kier alpha value is -2.94. The fourth-order valence-electron chi connectivity index (χ4n) is 2.00. The number of ether oxygens (including phenoxy) is 2. The van der Waals surface area contributed by atoms with Crippen molar-refractivity contribution in [1.82, 2.24) is 0 Å². The van der Waals surface area contributed by atoms with E-state index in [1.54, 1.807) is 13.0 Å². The van der Waals surface area contributed by atoms with Crippen LogP contribution in [0, 0.1) is 10.1 Å². The highest BCUT2D eigenvalue weighted by Crippen LogP contribution is 2.27. The third-order valence-corrected chi connectivity index (χ3v) is 3.99. The molecule has 2 aromatic rings. The summed E-state index contributed by atoms with van der Waals surface area (Å²) < 4.78 is 10.7. The van der Waals surface area contributed by atoms with Crippen molar-refractivity contribution < 1.29 is 24.0 Å². The summed E-state index contributed by atoms with van der Waals surface area (Å²) in [5.41, 5.74) is 0.688. The molecule has 1 N–H and O–H groups in total. The summed E-state index contributed by atoms with van der Waals surface area (Å²) in [7, 11) is 1.28. The highest BCUT2D eigenvalue weighted by molar-refractivity contribution is 9.10. The molecule has 0 fully saturated rings. The van der Waals surface area contributed by atoms with Gasteiger partial charge in [0.1, 0.15) is 5.75 Å². The third-order valence-electron chi connectivity index (χ3n) is 3.37. The van der Waals surface area contributed by atoms with Crippen LogP contribution in [0.1, 0.15) is 17.3 Å². The molecule has 0 aliphatic rings. The Bertz CT molecular complexity index is 838. The van der Waals surface area contributed by atoms with E-state index >= 15 is 0 Å². The maximum absolute atomic E-state index is 12.2. The number of non-ortho nitro benzene ring substituents is 1. The minimum atomic E-state index is -0.842. The normalized spacial score (nSPS) is 11.3. The second-order valence-electron chi connectivity index (χ2n) is 5.19. The van der Waals surface area contributed by atoms with E-state index in [9.17, 15) is 19.7 Å². The highest BCUT2D eigenvalue weighted by Gasteiger charge is 2.18. The van der Waals surface area contributed by atoms with Crippen LogP contribution in [0.4, 0.5) is 11.4 Å². The van der Waals surface area contributed by atoms with Crippen molar-refractivity contribution >= 4 is 39.2 Å². The SMILES string of the molecule is COC(=O)c1ccc(O[C@@H](C)C(=O)Nc2ccc([N+](=O)[O-])cc2)c(Br)c1. The first-order valence-corrected chi connectivity index (χ1v) is 8.21. The van der Waals surface area contributed by atoms with Crippen LogP contribution in [-0.2, 0) is 9.53 Å². The summed E-state index contributed by atoms with van der Waals surface area (Å²) in [6.07, 6.45) is -0.842. The van der Waals surface area contributed by atoms with Gasteiger partial charge in [-0.3, -0.25) is 14.9 Å². The quantitative estimate of drug-likeness (QED) is 0.433. The molecule has 0 spiro atoms. The second kappa shape index (κ2) is 8.43. The Kier molecular flexibility index (Phi) is 6.29. The summed E-state index contributed by atoms with van der Waals surface area (Å²) in [6, 6.07) is 10.1. The third kappa shape index (κ3) is 4.79. The fraction of sp³-hybridized carbons (Fsp3) is 0.176. The first-order chi connectivity index (χ1) is 12.3. The summed E-state index contributed by atoms with van der Waals surface area (Å²) in [4.78, 5) is 33.8. The van der Waals surface area contributed by atoms with Crippen LogP contribution < -0.4 is 10.1 Å². The molecule has 0 aromatic heterocycles. The Morgan fingerprint density at radius 3 is 2.38 bits per heavy atom. The number of nitrogens with one attached hydrogen (secondary N) is 1. The molecule has 1 amide bonds. The zero-order valence-electron chi connectivity index (χ0n) is 13.9. The number of nitro groups is 1. The summed E-state index contributed by atoms with van der Waals surface area (Å²) in [6.45, 7) is 1.56. The maximum atomic E-state index is 12.2. The van der Waals surface area contributed by atoms with Gasteiger partial charge in [0.05, 0.1) is 22.1 Å². The van der Waals surface area contributed by atoms with Crippen LogP contribution in [0.5, 0.6) is 5.75 Å². The number of methoxy groups -OCH3 is 1. The number of esters is 1. The van der Waals surface area contributed by atoms with E-state index < -0.39 is 22.9 Å². The molecule has 0 aliphatic heterocycles. The van der Waals surface area contributed by atoms with Crippen molar-refractivity contribution in [3.8, 4) is 5.75 Å². The molecule has 136 valence electrons. The molecule has 0 radical (unpaired) electrons. The minimum Gasteiger partial charge on any atom is -0.480 e. The van der Waals surface area contributed by atoms with Gasteiger partial charge in [-0.1, -0.05) is 0 Å². The number of carbonyl (C=O) groups is 2. The van der Waals surface area contributed by atoms with Crippen LogP contribution in [0.15, 0.2) is 46.9 Å². The van der Waals surface area contributed by atoms with Gasteiger partial charge in [0.15, 0.2) is 6.10 Å². The molecule has 2 aromatic carbocycles. The van der Waals surface area contributed by atoms with Crippen molar-refractivity contribution in [3.05, 3.63) is 62.6 Å². The molecule has 0 bridgehead atoms. The van der Waals surface area contributed by atoms with Crippen molar-refractivity contribution in [1.29, 1.82) is 0 Å². The van der Waals surface area contributed by atoms with Crippen LogP contribution in [0.25, 0.3) is 0 Å². The van der Waals surface area contributed by atoms with Crippen LogP contribution in [0.3, 0.4) is 0 Å². The molecule has 0 heterocycles. The summed E-state index contributed by atoms with van der Waals surface area (Å²) in [5, 5.41) is 13.2. The number of rotatable bonds is 6. The molecule has 0 unspecified atom stereocenters. The summed E-state index contributed by atoms with van der Waals surface area (Å²) in [5.74, 6) is -0.534. The van der Waals surface area contributed by atoms with Crippen LogP contribution in [-0.4, -0.2) is 30.0 Å². The van der Waals surface area contributed by atoms with E-state index in [4.69, 9.17) is 4.74 Å². The van der Waals surface area contributed by atoms with Gasteiger partial charge in [-0.25, -0.2) is 4.79 Å². The fourth-order valence-corrected chi connectivity index (χ4v) is 2.47.